The van der Waals surface area contributed by atoms with Gasteiger partial charge in [-0.2, -0.15) is 0 Å². The lowest BCUT2D eigenvalue weighted by atomic mass is 10.1. The fraction of sp³-hybridized carbons (Fsp3) is 0.667. The van der Waals surface area contributed by atoms with Crippen LogP contribution in [-0.4, -0.2) is 46.4 Å². The van der Waals surface area contributed by atoms with Crippen LogP contribution in [0.3, 0.4) is 0 Å². The van der Waals surface area contributed by atoms with Gasteiger partial charge in [0.1, 0.15) is 0 Å². The van der Waals surface area contributed by atoms with Crippen LogP contribution in [0.4, 0.5) is 5.69 Å². The van der Waals surface area contributed by atoms with E-state index in [0.717, 1.165) is 30.4 Å². The van der Waals surface area contributed by atoms with Gasteiger partial charge in [-0.25, -0.2) is 8.42 Å². The quantitative estimate of drug-likeness (QED) is 0.568. The number of carbonyl (C=O) groups excluding carboxylic acids is 1. The Morgan fingerprint density at radius 3 is 2.61 bits per heavy atom. The van der Waals surface area contributed by atoms with Gasteiger partial charge in [-0.05, 0) is 56.7 Å². The van der Waals surface area contributed by atoms with Gasteiger partial charge in [0.15, 0.2) is 0 Å². The third-order valence-electron chi connectivity index (χ3n) is 5.31. The number of benzene rings is 1. The summed E-state index contributed by atoms with van der Waals surface area (Å²) in [5.41, 5.74) is 2.68. The Hall–Kier alpha value is -1.60. The van der Waals surface area contributed by atoms with Crippen LogP contribution in [-0.2, 0) is 19.6 Å². The predicted octanol–water partition coefficient (Wildman–Crippen LogP) is 3.32. The summed E-state index contributed by atoms with van der Waals surface area (Å²) in [6.45, 7) is 5.45. The first-order valence-corrected chi connectivity index (χ1v) is 12.1. The van der Waals surface area contributed by atoms with E-state index in [2.05, 4.69) is 5.32 Å². The van der Waals surface area contributed by atoms with Gasteiger partial charge >= 0.3 is 0 Å². The van der Waals surface area contributed by atoms with E-state index in [9.17, 15) is 13.2 Å². The highest BCUT2D eigenvalue weighted by atomic mass is 32.2. The molecule has 0 bridgehead atoms. The third-order valence-corrected chi connectivity index (χ3v) is 6.49. The number of hydrogen-bond donors (Lipinski definition) is 1. The highest BCUT2D eigenvalue weighted by Crippen LogP contribution is 2.25. The van der Waals surface area contributed by atoms with Crippen LogP contribution in [0.15, 0.2) is 18.2 Å². The number of anilines is 1. The molecule has 1 N–H and O–H groups in total. The normalized spacial score (nSPS) is 15.0. The van der Waals surface area contributed by atoms with E-state index in [-0.39, 0.29) is 5.91 Å². The molecule has 0 atom stereocenters. The first-order chi connectivity index (χ1) is 13.3. The predicted molar refractivity (Wildman–Crippen MR) is 113 cm³/mol. The van der Waals surface area contributed by atoms with Gasteiger partial charge in [-0.15, -0.1) is 0 Å². The Labute approximate surface area is 169 Å². The first kappa shape index (κ1) is 22.7. The molecule has 1 aliphatic carbocycles. The molecule has 1 aliphatic rings. The van der Waals surface area contributed by atoms with Gasteiger partial charge in [0.25, 0.3) is 0 Å². The fourth-order valence-electron chi connectivity index (χ4n) is 3.55. The highest BCUT2D eigenvalue weighted by molar-refractivity contribution is 7.92. The molecular formula is C21H34N2O4S. The summed E-state index contributed by atoms with van der Waals surface area (Å²) in [5.74, 6) is -0.0460. The molecule has 0 unspecified atom stereocenters. The molecule has 0 spiro atoms. The average molecular weight is 411 g/mol. The van der Waals surface area contributed by atoms with Crippen molar-refractivity contribution in [2.24, 2.45) is 0 Å². The number of hydrogen-bond acceptors (Lipinski definition) is 4. The average Bonchev–Trinajstić information content (AvgIpc) is 3.14. The van der Waals surface area contributed by atoms with Crippen molar-refractivity contribution in [1.82, 2.24) is 5.32 Å². The number of amides is 1. The zero-order valence-electron chi connectivity index (χ0n) is 17.4. The van der Waals surface area contributed by atoms with Gasteiger partial charge in [-0.3, -0.25) is 9.10 Å². The SMILES string of the molecule is Cc1cccc(N(CCCC(=O)NCCCOC2CCCC2)S(C)(=O)=O)c1C. The van der Waals surface area contributed by atoms with Gasteiger partial charge in [0.2, 0.25) is 15.9 Å². The summed E-state index contributed by atoms with van der Waals surface area (Å²) in [5, 5.41) is 2.89. The van der Waals surface area contributed by atoms with Gasteiger partial charge < -0.3 is 10.1 Å². The van der Waals surface area contributed by atoms with Crippen LogP contribution in [0.2, 0.25) is 0 Å². The standard InChI is InChI=1S/C21H34N2O4S/c1-17-9-6-12-20(18(17)2)23(28(3,25)26)15-7-13-21(24)22-14-8-16-27-19-10-4-5-11-19/h6,9,12,19H,4-5,7-8,10-11,13-16H2,1-3H3,(H,22,24). The van der Waals surface area contributed by atoms with Gasteiger partial charge in [-0.1, -0.05) is 25.0 Å². The van der Waals surface area contributed by atoms with Gasteiger partial charge in [0, 0.05) is 26.1 Å². The van der Waals surface area contributed by atoms with Crippen LogP contribution >= 0.6 is 0 Å². The topological polar surface area (TPSA) is 75.7 Å². The maximum atomic E-state index is 12.2. The second-order valence-corrected chi connectivity index (χ2v) is 9.55. The van der Waals surface area contributed by atoms with Crippen LogP contribution < -0.4 is 9.62 Å². The minimum Gasteiger partial charge on any atom is -0.378 e. The number of nitrogens with zero attached hydrogens (tertiary/aromatic N) is 1. The monoisotopic (exact) mass is 410 g/mol. The van der Waals surface area contributed by atoms with E-state index in [4.69, 9.17) is 4.74 Å². The number of rotatable bonds is 11. The Morgan fingerprint density at radius 1 is 1.21 bits per heavy atom. The Kier molecular flexibility index (Phi) is 8.76. The molecule has 1 fully saturated rings. The molecule has 2 rings (SSSR count). The summed E-state index contributed by atoms with van der Waals surface area (Å²) >= 11 is 0. The van der Waals surface area contributed by atoms with E-state index >= 15 is 0 Å². The Bertz CT molecular complexity index is 743. The molecule has 7 heteroatoms. The maximum Gasteiger partial charge on any atom is 0.232 e. The Balaban J connectivity index is 1.72. The van der Waals surface area contributed by atoms with Crippen molar-refractivity contribution < 1.29 is 17.9 Å². The zero-order valence-corrected chi connectivity index (χ0v) is 18.2. The molecule has 158 valence electrons. The molecule has 1 saturated carbocycles. The third kappa shape index (κ3) is 7.09. The van der Waals surface area contributed by atoms with Crippen LogP contribution in [0.25, 0.3) is 0 Å². The second-order valence-electron chi connectivity index (χ2n) is 7.64. The zero-order chi connectivity index (χ0) is 20.6. The largest absolute Gasteiger partial charge is 0.378 e. The molecule has 1 amide bonds. The minimum atomic E-state index is -3.40. The van der Waals surface area contributed by atoms with Crippen molar-refractivity contribution in [1.29, 1.82) is 0 Å². The summed E-state index contributed by atoms with van der Waals surface area (Å²) in [6.07, 6.45) is 8.03. The van der Waals surface area contributed by atoms with E-state index in [0.29, 0.717) is 44.3 Å². The van der Waals surface area contributed by atoms with Crippen LogP contribution in [0.5, 0.6) is 0 Å². The summed E-state index contributed by atoms with van der Waals surface area (Å²) in [4.78, 5) is 12.0. The molecule has 0 aliphatic heterocycles. The van der Waals surface area contributed by atoms with E-state index in [1.807, 2.05) is 32.0 Å². The lowest BCUT2D eigenvalue weighted by Gasteiger charge is -2.24. The van der Waals surface area contributed by atoms with E-state index in [1.54, 1.807) is 0 Å². The summed E-state index contributed by atoms with van der Waals surface area (Å²) in [6, 6.07) is 5.63. The molecule has 1 aromatic rings. The van der Waals surface area contributed by atoms with Crippen LogP contribution in [0.1, 0.15) is 56.1 Å². The lowest BCUT2D eigenvalue weighted by molar-refractivity contribution is -0.121. The fourth-order valence-corrected chi connectivity index (χ4v) is 4.56. The number of aryl methyl sites for hydroxylation is 1. The molecule has 28 heavy (non-hydrogen) atoms. The first-order valence-electron chi connectivity index (χ1n) is 10.2. The molecule has 0 heterocycles. The lowest BCUT2D eigenvalue weighted by Crippen LogP contribution is -2.33. The van der Waals surface area contributed by atoms with E-state index in [1.165, 1.54) is 23.4 Å². The molecule has 1 aromatic carbocycles. The van der Waals surface area contributed by atoms with Crippen molar-refractivity contribution in [2.75, 3.05) is 30.3 Å². The molecule has 0 radical (unpaired) electrons. The van der Waals surface area contributed by atoms with Crippen molar-refractivity contribution in [3.05, 3.63) is 29.3 Å². The number of nitrogens with one attached hydrogen (secondary N) is 1. The van der Waals surface area contributed by atoms with Crippen LogP contribution in [0, 0.1) is 13.8 Å². The van der Waals surface area contributed by atoms with E-state index < -0.39 is 10.0 Å². The second kappa shape index (κ2) is 10.8. The van der Waals surface area contributed by atoms with Gasteiger partial charge in [0.05, 0.1) is 18.0 Å². The smallest absolute Gasteiger partial charge is 0.232 e. The highest BCUT2D eigenvalue weighted by Gasteiger charge is 2.20. The summed E-state index contributed by atoms with van der Waals surface area (Å²) < 4.78 is 31.7. The number of sulfonamides is 1. The number of carbonyl (C=O) groups is 1. The van der Waals surface area contributed by atoms with Crippen molar-refractivity contribution >= 4 is 21.6 Å². The molecule has 0 saturated heterocycles. The summed E-state index contributed by atoms with van der Waals surface area (Å²) in [7, 11) is -3.40. The molecule has 0 aromatic heterocycles. The molecular weight excluding hydrogens is 376 g/mol. The maximum absolute atomic E-state index is 12.2. The number of ether oxygens (including phenoxy) is 1. The minimum absolute atomic E-state index is 0.0460. The van der Waals surface area contributed by atoms with Crippen molar-refractivity contribution in [2.45, 2.75) is 64.9 Å². The van der Waals surface area contributed by atoms with Crippen molar-refractivity contribution in [3.63, 3.8) is 0 Å². The Morgan fingerprint density at radius 2 is 1.93 bits per heavy atom. The molecule has 6 nitrogen and oxygen atoms in total. The van der Waals surface area contributed by atoms with Crippen molar-refractivity contribution in [3.8, 4) is 0 Å².